The molecule has 1 aliphatic heterocycles. The second kappa shape index (κ2) is 9.29. The maximum atomic E-state index is 13.3. The number of nitrogens with one attached hydrogen (secondary N) is 1. The molecule has 0 unspecified atom stereocenters. The highest BCUT2D eigenvalue weighted by atomic mass is 32.2. The van der Waals surface area contributed by atoms with Crippen LogP contribution in [0.5, 0.6) is 0 Å². The van der Waals surface area contributed by atoms with Gasteiger partial charge in [-0.3, -0.25) is 4.79 Å². The van der Waals surface area contributed by atoms with E-state index in [1.165, 1.54) is 17.6 Å². The van der Waals surface area contributed by atoms with Crippen molar-refractivity contribution in [2.45, 2.75) is 23.7 Å². The number of piperidine rings is 1. The largest absolute Gasteiger partial charge is 0.366 e. The summed E-state index contributed by atoms with van der Waals surface area (Å²) in [5, 5.41) is 6.50. The lowest BCUT2D eigenvalue weighted by Crippen LogP contribution is -2.37. The van der Waals surface area contributed by atoms with Crippen LogP contribution < -0.4 is 5.73 Å². The SMILES string of the molecule is NC(=O)c1cc(-c2ccccc2)cc2c(C3CCN(S(=O)(=O)c4csc(-c5ccon5)c4)CC3)c[nH]c12. The van der Waals surface area contributed by atoms with Gasteiger partial charge in [-0.1, -0.05) is 35.5 Å². The molecule has 3 N–H and O–H groups in total. The second-order valence-corrected chi connectivity index (χ2v) is 12.0. The number of fused-ring (bicyclic) bond motifs is 1. The molecule has 3 aromatic heterocycles. The number of carbonyl (C=O) groups is 1. The Bertz CT molecular complexity index is 1680. The number of hydrogen-bond acceptors (Lipinski definition) is 6. The molecule has 0 bridgehead atoms. The average Bonchev–Trinajstić information content (AvgIpc) is 3.69. The number of rotatable bonds is 6. The molecule has 1 aliphatic rings. The number of primary amides is 1. The van der Waals surface area contributed by atoms with Crippen molar-refractivity contribution in [3.63, 3.8) is 0 Å². The van der Waals surface area contributed by atoms with Crippen LogP contribution in [-0.4, -0.2) is 41.9 Å². The first-order valence-electron chi connectivity index (χ1n) is 11.9. The van der Waals surface area contributed by atoms with E-state index >= 15 is 0 Å². The van der Waals surface area contributed by atoms with Crippen LogP contribution in [0.4, 0.5) is 0 Å². The molecule has 188 valence electrons. The van der Waals surface area contributed by atoms with Crippen LogP contribution in [0.2, 0.25) is 0 Å². The minimum Gasteiger partial charge on any atom is -0.366 e. The summed E-state index contributed by atoms with van der Waals surface area (Å²) in [5.74, 6) is -0.335. The van der Waals surface area contributed by atoms with Crippen LogP contribution in [0.15, 0.2) is 81.9 Å². The number of amides is 1. The van der Waals surface area contributed by atoms with Gasteiger partial charge in [-0.2, -0.15) is 4.31 Å². The molecule has 1 fully saturated rings. The van der Waals surface area contributed by atoms with Gasteiger partial charge >= 0.3 is 0 Å². The minimum absolute atomic E-state index is 0.153. The van der Waals surface area contributed by atoms with E-state index in [9.17, 15) is 13.2 Å². The second-order valence-electron chi connectivity index (χ2n) is 9.13. The highest BCUT2D eigenvalue weighted by molar-refractivity contribution is 7.89. The molecule has 6 rings (SSSR count). The third-order valence-electron chi connectivity index (χ3n) is 6.99. The average molecular weight is 533 g/mol. The Kier molecular flexibility index (Phi) is 5.94. The lowest BCUT2D eigenvalue weighted by atomic mass is 9.88. The summed E-state index contributed by atoms with van der Waals surface area (Å²) in [6.07, 6.45) is 4.75. The highest BCUT2D eigenvalue weighted by Gasteiger charge is 2.32. The third kappa shape index (κ3) is 4.26. The number of nitrogens with zero attached hydrogens (tertiary/aromatic N) is 2. The van der Waals surface area contributed by atoms with Crippen molar-refractivity contribution in [3.8, 4) is 21.7 Å². The van der Waals surface area contributed by atoms with Crippen molar-refractivity contribution in [2.75, 3.05) is 13.1 Å². The van der Waals surface area contributed by atoms with E-state index < -0.39 is 15.9 Å². The number of hydrogen-bond donors (Lipinski definition) is 2. The van der Waals surface area contributed by atoms with Crippen LogP contribution >= 0.6 is 11.3 Å². The first-order chi connectivity index (χ1) is 17.9. The van der Waals surface area contributed by atoms with Crippen LogP contribution in [0.1, 0.15) is 34.7 Å². The number of carbonyl (C=O) groups excluding carboxylic acids is 1. The number of nitrogens with two attached hydrogens (primary N) is 1. The predicted octanol–water partition coefficient (Wildman–Crippen LogP) is 5.22. The van der Waals surface area contributed by atoms with Crippen molar-refractivity contribution in [2.24, 2.45) is 5.73 Å². The van der Waals surface area contributed by atoms with Gasteiger partial charge in [-0.15, -0.1) is 11.3 Å². The Labute approximate surface area is 217 Å². The van der Waals surface area contributed by atoms with Crippen LogP contribution in [-0.2, 0) is 10.0 Å². The zero-order valence-corrected chi connectivity index (χ0v) is 21.4. The molecular weight excluding hydrogens is 508 g/mol. The Balaban J connectivity index is 1.26. The lowest BCUT2D eigenvalue weighted by Gasteiger charge is -2.31. The van der Waals surface area contributed by atoms with Gasteiger partial charge in [-0.25, -0.2) is 8.42 Å². The Hall–Kier alpha value is -3.73. The summed E-state index contributed by atoms with van der Waals surface area (Å²) in [5.41, 5.74) is 10.5. The molecule has 0 aliphatic carbocycles. The fourth-order valence-corrected chi connectivity index (χ4v) is 7.76. The van der Waals surface area contributed by atoms with Crippen molar-refractivity contribution in [3.05, 3.63) is 83.6 Å². The first-order valence-corrected chi connectivity index (χ1v) is 14.2. The topological polar surface area (TPSA) is 122 Å². The maximum absolute atomic E-state index is 13.3. The molecule has 0 spiro atoms. The smallest absolute Gasteiger partial charge is 0.250 e. The minimum atomic E-state index is -3.61. The normalized spacial score (nSPS) is 15.4. The number of H-pyrrole nitrogens is 1. The number of benzene rings is 2. The highest BCUT2D eigenvalue weighted by Crippen LogP contribution is 2.38. The summed E-state index contributed by atoms with van der Waals surface area (Å²) in [6.45, 7) is 0.825. The molecule has 0 radical (unpaired) electrons. The van der Waals surface area contributed by atoms with Gasteiger partial charge in [0.15, 0.2) is 0 Å². The molecule has 5 aromatic rings. The summed E-state index contributed by atoms with van der Waals surface area (Å²) >= 11 is 1.33. The molecular formula is C27H24N4O4S2. The van der Waals surface area contributed by atoms with Gasteiger partial charge in [0.2, 0.25) is 10.0 Å². The van der Waals surface area contributed by atoms with Crippen molar-refractivity contribution < 1.29 is 17.7 Å². The van der Waals surface area contributed by atoms with Gasteiger partial charge in [0.1, 0.15) is 12.0 Å². The monoisotopic (exact) mass is 532 g/mol. The van der Waals surface area contributed by atoms with E-state index in [0.717, 1.165) is 32.5 Å². The Morgan fingerprint density at radius 1 is 1.08 bits per heavy atom. The van der Waals surface area contributed by atoms with E-state index in [2.05, 4.69) is 16.2 Å². The van der Waals surface area contributed by atoms with Crippen LogP contribution in [0.25, 0.3) is 32.6 Å². The number of sulfonamides is 1. The van der Waals surface area contributed by atoms with Crippen molar-refractivity contribution in [1.82, 2.24) is 14.4 Å². The molecule has 1 amide bonds. The molecule has 0 saturated carbocycles. The zero-order valence-electron chi connectivity index (χ0n) is 19.8. The summed E-state index contributed by atoms with van der Waals surface area (Å²) < 4.78 is 33.1. The number of aromatic nitrogens is 2. The van der Waals surface area contributed by atoms with Crippen LogP contribution in [0, 0.1) is 0 Å². The fraction of sp³-hybridized carbons (Fsp3) is 0.185. The van der Waals surface area contributed by atoms with E-state index in [1.807, 2.05) is 42.6 Å². The fourth-order valence-electron chi connectivity index (χ4n) is 5.07. The Morgan fingerprint density at radius 2 is 1.86 bits per heavy atom. The van der Waals surface area contributed by atoms with Crippen molar-refractivity contribution in [1.29, 1.82) is 0 Å². The zero-order chi connectivity index (χ0) is 25.6. The predicted molar refractivity (Wildman–Crippen MR) is 143 cm³/mol. The van der Waals surface area contributed by atoms with E-state index in [4.69, 9.17) is 10.3 Å². The molecule has 4 heterocycles. The molecule has 10 heteroatoms. The number of aromatic amines is 1. The molecule has 2 aromatic carbocycles. The van der Waals surface area contributed by atoms with Gasteiger partial charge in [-0.05, 0) is 53.6 Å². The molecule has 1 saturated heterocycles. The molecule has 8 nitrogen and oxygen atoms in total. The maximum Gasteiger partial charge on any atom is 0.250 e. The van der Waals surface area contributed by atoms with Crippen LogP contribution in [0.3, 0.4) is 0 Å². The molecule has 37 heavy (non-hydrogen) atoms. The summed E-state index contributed by atoms with van der Waals surface area (Å²) in [4.78, 5) is 16.6. The number of thiophene rings is 1. The van der Waals surface area contributed by atoms with E-state index in [1.54, 1.807) is 21.8 Å². The summed E-state index contributed by atoms with van der Waals surface area (Å²) in [6, 6.07) is 17.1. The Morgan fingerprint density at radius 3 is 2.57 bits per heavy atom. The molecule has 0 atom stereocenters. The third-order valence-corrected chi connectivity index (χ3v) is 9.97. The van der Waals surface area contributed by atoms with E-state index in [0.29, 0.717) is 37.2 Å². The standard InChI is InChI=1S/C27H24N4O4S2/c28-27(32)22-13-19(17-4-2-1-3-5-17)12-21-23(15-29-26(21)22)18-6-9-31(10-7-18)37(33,34)20-14-25(36-16-20)24-8-11-35-30-24/h1-5,8,11-16,18,29H,6-7,9-10H2,(H2,28,32). The van der Waals surface area contributed by atoms with Gasteiger partial charge in [0, 0.05) is 36.1 Å². The van der Waals surface area contributed by atoms with Gasteiger partial charge in [0.05, 0.1) is 20.9 Å². The van der Waals surface area contributed by atoms with E-state index in [-0.39, 0.29) is 10.8 Å². The lowest BCUT2D eigenvalue weighted by molar-refractivity contribution is 0.100. The van der Waals surface area contributed by atoms with Crippen molar-refractivity contribution >= 4 is 38.2 Å². The van der Waals surface area contributed by atoms with Gasteiger partial charge in [0.25, 0.3) is 5.91 Å². The van der Waals surface area contributed by atoms with Gasteiger partial charge < -0.3 is 15.2 Å². The quantitative estimate of drug-likeness (QED) is 0.310. The summed E-state index contributed by atoms with van der Waals surface area (Å²) in [7, 11) is -3.61. The first kappa shape index (κ1) is 23.7.